The van der Waals surface area contributed by atoms with E-state index in [9.17, 15) is 9.59 Å². The van der Waals surface area contributed by atoms with Crippen LogP contribution in [0.3, 0.4) is 0 Å². The van der Waals surface area contributed by atoms with E-state index in [0.717, 1.165) is 5.56 Å². The number of carboxylic acids is 1. The molecule has 1 aliphatic heterocycles. The van der Waals surface area contributed by atoms with E-state index >= 15 is 0 Å². The first kappa shape index (κ1) is 18.4. The fourth-order valence-electron chi connectivity index (χ4n) is 1.99. The normalized spacial score (nSPS) is 16.0. The molecule has 0 bridgehead atoms. The lowest BCUT2D eigenvalue weighted by Crippen LogP contribution is -2.29. The predicted molar refractivity (Wildman–Crippen MR) is 95.8 cm³/mol. The number of aliphatic carboxylic acids is 1. The smallest absolute Gasteiger partial charge is 0.306 e. The summed E-state index contributed by atoms with van der Waals surface area (Å²) in [6.07, 6.45) is 2.18. The Morgan fingerprint density at radius 2 is 2.04 bits per heavy atom. The molecule has 1 heterocycles. The summed E-state index contributed by atoms with van der Waals surface area (Å²) in [5, 5.41) is 17.4. The number of carbonyl (C=O) groups excluding carboxylic acids is 1. The molecular weight excluding hydrogens is 350 g/mol. The first-order valence-corrected chi connectivity index (χ1v) is 8.54. The van der Waals surface area contributed by atoms with Crippen molar-refractivity contribution in [2.75, 3.05) is 19.8 Å². The highest BCUT2D eigenvalue weighted by Gasteiger charge is 2.31. The van der Waals surface area contributed by atoms with Gasteiger partial charge in [0.05, 0.1) is 17.9 Å². The van der Waals surface area contributed by atoms with Crippen molar-refractivity contribution < 1.29 is 24.5 Å². The average molecular weight is 367 g/mol. The van der Waals surface area contributed by atoms with Crippen molar-refractivity contribution in [3.05, 3.63) is 34.7 Å². The highest BCUT2D eigenvalue weighted by atomic mass is 32.2. The Labute approximate surface area is 149 Å². The molecule has 2 N–H and O–H groups in total. The molecule has 0 aromatic heterocycles. The zero-order chi connectivity index (χ0) is 17.5. The summed E-state index contributed by atoms with van der Waals surface area (Å²) in [5.41, 5.74) is 0.822. The summed E-state index contributed by atoms with van der Waals surface area (Å²) in [5.74, 6) is -0.487. The first-order chi connectivity index (χ1) is 11.5. The van der Waals surface area contributed by atoms with Gasteiger partial charge in [-0.1, -0.05) is 36.1 Å². The lowest BCUT2D eigenvalue weighted by atomic mass is 10.2. The molecule has 0 aliphatic carbocycles. The maximum absolute atomic E-state index is 12.3. The Kier molecular flexibility index (Phi) is 6.77. The molecule has 0 atom stereocenters. The molecule has 8 heteroatoms. The number of carboxylic acid groups (broad SMARTS) is 1. The van der Waals surface area contributed by atoms with Gasteiger partial charge in [0.15, 0.2) is 0 Å². The zero-order valence-electron chi connectivity index (χ0n) is 12.8. The molecule has 1 fully saturated rings. The maximum atomic E-state index is 12.3. The lowest BCUT2D eigenvalue weighted by molar-refractivity contribution is -0.137. The minimum atomic E-state index is -0.908. The van der Waals surface area contributed by atoms with Crippen LogP contribution in [0.15, 0.2) is 29.2 Å². The fraction of sp³-hybridized carbons (Fsp3) is 0.312. The van der Waals surface area contributed by atoms with Crippen LogP contribution in [0, 0.1) is 0 Å². The average Bonchev–Trinajstić information content (AvgIpc) is 2.81. The Balaban J connectivity index is 1.99. The van der Waals surface area contributed by atoms with E-state index in [0.29, 0.717) is 27.9 Å². The number of benzene rings is 1. The number of thioether (sulfide) groups is 1. The molecule has 0 saturated carbocycles. The van der Waals surface area contributed by atoms with Crippen molar-refractivity contribution in [1.29, 1.82) is 0 Å². The van der Waals surface area contributed by atoms with Gasteiger partial charge in [-0.15, -0.1) is 0 Å². The molecule has 0 spiro atoms. The minimum absolute atomic E-state index is 0.0133. The summed E-state index contributed by atoms with van der Waals surface area (Å²) < 4.78 is 5.81. The zero-order valence-corrected chi connectivity index (χ0v) is 14.4. The number of hydrogen-bond acceptors (Lipinski definition) is 6. The summed E-state index contributed by atoms with van der Waals surface area (Å²) >= 11 is 6.43. The summed E-state index contributed by atoms with van der Waals surface area (Å²) in [7, 11) is 0. The molecule has 1 aromatic carbocycles. The Bertz CT molecular complexity index is 657. The van der Waals surface area contributed by atoms with E-state index in [4.69, 9.17) is 27.2 Å². The van der Waals surface area contributed by atoms with Crippen molar-refractivity contribution in [2.24, 2.45) is 0 Å². The van der Waals surface area contributed by atoms with Crippen LogP contribution in [0.5, 0.6) is 5.75 Å². The van der Waals surface area contributed by atoms with Gasteiger partial charge in [-0.25, -0.2) is 0 Å². The van der Waals surface area contributed by atoms with Crippen molar-refractivity contribution in [1.82, 2.24) is 4.90 Å². The van der Waals surface area contributed by atoms with E-state index in [1.165, 1.54) is 16.7 Å². The van der Waals surface area contributed by atoms with Crippen LogP contribution in [0.25, 0.3) is 6.08 Å². The van der Waals surface area contributed by atoms with Crippen LogP contribution in [-0.2, 0) is 9.59 Å². The van der Waals surface area contributed by atoms with E-state index in [1.54, 1.807) is 30.3 Å². The van der Waals surface area contributed by atoms with Crippen LogP contribution in [0.1, 0.15) is 18.4 Å². The Morgan fingerprint density at radius 3 is 2.67 bits per heavy atom. The Hall–Kier alpha value is -1.90. The third-order valence-corrected chi connectivity index (χ3v) is 4.55. The number of aliphatic hydroxyl groups is 1. The van der Waals surface area contributed by atoms with Crippen LogP contribution in [0.4, 0.5) is 0 Å². The maximum Gasteiger partial charge on any atom is 0.306 e. The molecule has 2 rings (SSSR count). The van der Waals surface area contributed by atoms with Crippen molar-refractivity contribution in [3.8, 4) is 5.75 Å². The van der Waals surface area contributed by atoms with Crippen LogP contribution in [-0.4, -0.2) is 51.1 Å². The summed E-state index contributed by atoms with van der Waals surface area (Å²) in [6, 6.07) is 7.02. The van der Waals surface area contributed by atoms with Gasteiger partial charge >= 0.3 is 5.97 Å². The van der Waals surface area contributed by atoms with Crippen LogP contribution in [0.2, 0.25) is 0 Å². The van der Waals surface area contributed by atoms with Crippen molar-refractivity contribution >= 4 is 46.3 Å². The van der Waals surface area contributed by atoms with Gasteiger partial charge < -0.3 is 14.9 Å². The molecule has 24 heavy (non-hydrogen) atoms. The van der Waals surface area contributed by atoms with Gasteiger partial charge in [0.25, 0.3) is 5.91 Å². The largest absolute Gasteiger partial charge is 0.493 e. The minimum Gasteiger partial charge on any atom is -0.493 e. The van der Waals surface area contributed by atoms with Crippen molar-refractivity contribution in [2.45, 2.75) is 12.8 Å². The topological polar surface area (TPSA) is 87.1 Å². The van der Waals surface area contributed by atoms with Crippen molar-refractivity contribution in [3.63, 3.8) is 0 Å². The first-order valence-electron chi connectivity index (χ1n) is 7.32. The summed E-state index contributed by atoms with van der Waals surface area (Å²) in [6.45, 7) is 0.534. The predicted octanol–water partition coefficient (Wildman–Crippen LogP) is 2.12. The van der Waals surface area contributed by atoms with Gasteiger partial charge in [-0.2, -0.15) is 0 Å². The van der Waals surface area contributed by atoms with E-state index in [2.05, 4.69) is 0 Å². The fourth-order valence-corrected chi connectivity index (χ4v) is 3.30. The second-order valence-corrected chi connectivity index (χ2v) is 6.65. The Morgan fingerprint density at radius 1 is 1.33 bits per heavy atom. The lowest BCUT2D eigenvalue weighted by Gasteiger charge is -2.12. The molecule has 6 nitrogen and oxygen atoms in total. The highest BCUT2D eigenvalue weighted by molar-refractivity contribution is 8.26. The van der Waals surface area contributed by atoms with Gasteiger partial charge in [-0.05, 0) is 30.2 Å². The monoisotopic (exact) mass is 367 g/mol. The third-order valence-electron chi connectivity index (χ3n) is 3.18. The van der Waals surface area contributed by atoms with Gasteiger partial charge in [0.1, 0.15) is 10.1 Å². The molecular formula is C16H17NO5S2. The van der Waals surface area contributed by atoms with E-state index < -0.39 is 5.97 Å². The molecule has 0 unspecified atom stereocenters. The van der Waals surface area contributed by atoms with Gasteiger partial charge in [0, 0.05) is 13.2 Å². The van der Waals surface area contributed by atoms with E-state index in [1.807, 2.05) is 0 Å². The molecule has 128 valence electrons. The van der Waals surface area contributed by atoms with E-state index in [-0.39, 0.29) is 25.5 Å². The van der Waals surface area contributed by atoms with Gasteiger partial charge in [0.2, 0.25) is 0 Å². The molecule has 1 aliphatic rings. The number of thiocarbonyl (C=S) groups is 1. The molecule has 1 saturated heterocycles. The molecule has 1 amide bonds. The second-order valence-electron chi connectivity index (χ2n) is 4.97. The quantitative estimate of drug-likeness (QED) is 0.537. The molecule has 1 aromatic rings. The SMILES string of the molecule is O=C(O)CCOc1ccc(/C=C2\SC(=S)N(CCCO)C2=O)cc1. The second kappa shape index (κ2) is 8.81. The van der Waals surface area contributed by atoms with Crippen LogP contribution >= 0.6 is 24.0 Å². The number of ether oxygens (including phenoxy) is 1. The number of carbonyl (C=O) groups is 2. The number of rotatable bonds is 8. The third kappa shape index (κ3) is 5.05. The number of hydrogen-bond donors (Lipinski definition) is 2. The number of nitrogens with zero attached hydrogens (tertiary/aromatic N) is 1. The van der Waals surface area contributed by atoms with Gasteiger partial charge in [-0.3, -0.25) is 14.5 Å². The van der Waals surface area contributed by atoms with Crippen LogP contribution < -0.4 is 4.74 Å². The highest BCUT2D eigenvalue weighted by Crippen LogP contribution is 2.32. The number of aliphatic hydroxyl groups excluding tert-OH is 1. The summed E-state index contributed by atoms with van der Waals surface area (Å²) in [4.78, 5) is 24.8. The standard InChI is InChI=1S/C16H17NO5S2/c18-8-1-7-17-15(21)13(24-16(17)23)10-11-2-4-12(5-3-11)22-9-6-14(19)20/h2-5,10,18H,1,6-9H2,(H,19,20)/b13-10-. The molecule has 0 radical (unpaired) electrons. The number of amides is 1.